The predicted molar refractivity (Wildman–Crippen MR) is 101 cm³/mol. The first-order chi connectivity index (χ1) is 12.2. The number of hydrogen-bond donors (Lipinski definition) is 0. The van der Waals surface area contributed by atoms with Crippen molar-refractivity contribution in [1.29, 1.82) is 0 Å². The van der Waals surface area contributed by atoms with Crippen molar-refractivity contribution in [1.82, 2.24) is 9.80 Å². The fourth-order valence-corrected chi connectivity index (χ4v) is 4.55. The number of halogens is 1. The molecule has 0 N–H and O–H groups in total. The van der Waals surface area contributed by atoms with Crippen LogP contribution in [0.2, 0.25) is 5.02 Å². The first kappa shape index (κ1) is 16.6. The van der Waals surface area contributed by atoms with E-state index >= 15 is 0 Å². The quantitative estimate of drug-likeness (QED) is 0.833. The van der Waals surface area contributed by atoms with E-state index in [4.69, 9.17) is 11.6 Å². The van der Waals surface area contributed by atoms with Crippen molar-refractivity contribution in [2.45, 2.75) is 13.0 Å². The maximum atomic E-state index is 12.9. The first-order valence-corrected chi connectivity index (χ1v) is 9.37. The van der Waals surface area contributed by atoms with Gasteiger partial charge in [0.2, 0.25) is 0 Å². The van der Waals surface area contributed by atoms with Crippen LogP contribution in [0.4, 0.5) is 0 Å². The van der Waals surface area contributed by atoms with Crippen LogP contribution in [-0.2, 0) is 6.54 Å². The third-order valence-electron chi connectivity index (χ3n) is 5.30. The van der Waals surface area contributed by atoms with Gasteiger partial charge < -0.3 is 4.90 Å². The highest BCUT2D eigenvalue weighted by atomic mass is 35.5. The SMILES string of the molecule is O=C(c1ccccc1Cl)N1CC2CC(CN(Cc3ccccc3)C2)C1. The van der Waals surface area contributed by atoms with E-state index in [-0.39, 0.29) is 5.91 Å². The molecule has 0 saturated carbocycles. The molecular formula is C21H23ClN2O. The molecule has 1 amide bonds. The molecule has 0 aromatic heterocycles. The normalized spacial score (nSPS) is 23.5. The molecule has 0 spiro atoms. The maximum absolute atomic E-state index is 12.9. The van der Waals surface area contributed by atoms with Gasteiger partial charge in [0, 0.05) is 32.7 Å². The number of amides is 1. The highest BCUT2D eigenvalue weighted by molar-refractivity contribution is 6.33. The molecule has 2 aliphatic rings. The number of benzene rings is 2. The average Bonchev–Trinajstić information content (AvgIpc) is 2.61. The molecule has 4 heteroatoms. The Labute approximate surface area is 154 Å². The number of fused-ring (bicyclic) bond motifs is 2. The monoisotopic (exact) mass is 354 g/mol. The fraction of sp³-hybridized carbons (Fsp3) is 0.381. The van der Waals surface area contributed by atoms with E-state index in [2.05, 4.69) is 35.2 Å². The summed E-state index contributed by atoms with van der Waals surface area (Å²) in [7, 11) is 0. The van der Waals surface area contributed by atoms with Crippen molar-refractivity contribution in [3.63, 3.8) is 0 Å². The standard InChI is InChI=1S/C21H23ClN2O/c22-20-9-5-4-8-19(20)21(25)24-14-17-10-18(15-24)13-23(12-17)11-16-6-2-1-3-7-16/h1-9,17-18H,10-15H2. The number of rotatable bonds is 3. The highest BCUT2D eigenvalue weighted by Gasteiger charge is 2.36. The molecule has 2 fully saturated rings. The van der Waals surface area contributed by atoms with E-state index in [0.29, 0.717) is 22.4 Å². The lowest BCUT2D eigenvalue weighted by Crippen LogP contribution is -2.53. The van der Waals surface area contributed by atoms with E-state index in [9.17, 15) is 4.79 Å². The molecule has 0 aliphatic carbocycles. The van der Waals surface area contributed by atoms with Gasteiger partial charge in [0.1, 0.15) is 0 Å². The van der Waals surface area contributed by atoms with Crippen molar-refractivity contribution >= 4 is 17.5 Å². The molecule has 4 rings (SSSR count). The van der Waals surface area contributed by atoms with Gasteiger partial charge in [-0.25, -0.2) is 0 Å². The van der Waals surface area contributed by atoms with Crippen LogP contribution in [0.1, 0.15) is 22.3 Å². The zero-order chi connectivity index (χ0) is 17.2. The molecule has 2 unspecified atom stereocenters. The summed E-state index contributed by atoms with van der Waals surface area (Å²) in [5, 5.41) is 0.550. The Bertz CT molecular complexity index is 735. The number of hydrogen-bond acceptors (Lipinski definition) is 2. The van der Waals surface area contributed by atoms with Gasteiger partial charge in [-0.1, -0.05) is 54.1 Å². The Morgan fingerprint density at radius 1 is 0.920 bits per heavy atom. The van der Waals surface area contributed by atoms with Gasteiger partial charge in [-0.3, -0.25) is 9.69 Å². The summed E-state index contributed by atoms with van der Waals surface area (Å²) in [6.45, 7) is 4.82. The highest BCUT2D eigenvalue weighted by Crippen LogP contribution is 2.31. The molecule has 2 atom stereocenters. The molecule has 2 aromatic rings. The van der Waals surface area contributed by atoms with E-state index in [1.165, 1.54) is 12.0 Å². The lowest BCUT2D eigenvalue weighted by molar-refractivity contribution is 0.0238. The van der Waals surface area contributed by atoms with Gasteiger partial charge >= 0.3 is 0 Å². The van der Waals surface area contributed by atoms with Crippen LogP contribution in [0.3, 0.4) is 0 Å². The summed E-state index contributed by atoms with van der Waals surface area (Å²) in [5.74, 6) is 1.20. The smallest absolute Gasteiger partial charge is 0.255 e. The van der Waals surface area contributed by atoms with Crippen molar-refractivity contribution < 1.29 is 4.79 Å². The molecule has 3 nitrogen and oxygen atoms in total. The van der Waals surface area contributed by atoms with Crippen molar-refractivity contribution in [3.05, 3.63) is 70.7 Å². The number of carbonyl (C=O) groups is 1. The van der Waals surface area contributed by atoms with Crippen LogP contribution in [0.5, 0.6) is 0 Å². The van der Waals surface area contributed by atoms with E-state index in [0.717, 1.165) is 32.7 Å². The van der Waals surface area contributed by atoms with Crippen LogP contribution >= 0.6 is 11.6 Å². The molecule has 2 heterocycles. The summed E-state index contributed by atoms with van der Waals surface area (Å²) in [6, 6.07) is 18.0. The number of likely N-dealkylation sites (tertiary alicyclic amines) is 2. The van der Waals surface area contributed by atoms with Crippen LogP contribution < -0.4 is 0 Å². The van der Waals surface area contributed by atoms with Gasteiger partial charge in [-0.15, -0.1) is 0 Å². The van der Waals surface area contributed by atoms with Crippen LogP contribution in [0.25, 0.3) is 0 Å². The lowest BCUT2D eigenvalue weighted by atomic mass is 9.84. The molecule has 2 aromatic carbocycles. The largest absolute Gasteiger partial charge is 0.338 e. The van der Waals surface area contributed by atoms with Gasteiger partial charge in [0.15, 0.2) is 0 Å². The van der Waals surface area contributed by atoms with Crippen molar-refractivity contribution in [3.8, 4) is 0 Å². The van der Waals surface area contributed by atoms with Crippen LogP contribution in [-0.4, -0.2) is 41.9 Å². The lowest BCUT2D eigenvalue weighted by Gasteiger charge is -2.46. The van der Waals surface area contributed by atoms with E-state index in [1.54, 1.807) is 6.07 Å². The molecule has 0 radical (unpaired) electrons. The molecular weight excluding hydrogens is 332 g/mol. The second kappa shape index (κ2) is 7.19. The van der Waals surface area contributed by atoms with Gasteiger partial charge in [-0.2, -0.15) is 0 Å². The zero-order valence-corrected chi connectivity index (χ0v) is 15.0. The number of nitrogens with zero attached hydrogens (tertiary/aromatic N) is 2. The van der Waals surface area contributed by atoms with Crippen LogP contribution in [0.15, 0.2) is 54.6 Å². The Kier molecular flexibility index (Phi) is 4.78. The van der Waals surface area contributed by atoms with Crippen molar-refractivity contribution in [2.75, 3.05) is 26.2 Å². The second-order valence-corrected chi connectivity index (χ2v) is 7.74. The fourth-order valence-electron chi connectivity index (χ4n) is 4.33. The van der Waals surface area contributed by atoms with Crippen LogP contribution in [0, 0.1) is 11.8 Å². The number of carbonyl (C=O) groups excluding carboxylic acids is 1. The van der Waals surface area contributed by atoms with Gasteiger partial charge in [-0.05, 0) is 36.0 Å². The Hall–Kier alpha value is -1.84. The Morgan fingerprint density at radius 3 is 2.24 bits per heavy atom. The third-order valence-corrected chi connectivity index (χ3v) is 5.63. The molecule has 25 heavy (non-hydrogen) atoms. The number of piperidine rings is 2. The maximum Gasteiger partial charge on any atom is 0.255 e. The molecule has 2 aliphatic heterocycles. The summed E-state index contributed by atoms with van der Waals surface area (Å²) < 4.78 is 0. The van der Waals surface area contributed by atoms with Crippen molar-refractivity contribution in [2.24, 2.45) is 11.8 Å². The summed E-state index contributed by atoms with van der Waals surface area (Å²) in [4.78, 5) is 17.4. The second-order valence-electron chi connectivity index (χ2n) is 7.34. The topological polar surface area (TPSA) is 23.6 Å². The molecule has 2 bridgehead atoms. The molecule has 130 valence electrons. The summed E-state index contributed by atoms with van der Waals surface area (Å²) in [5.41, 5.74) is 2.00. The van der Waals surface area contributed by atoms with Gasteiger partial charge in [0.05, 0.1) is 10.6 Å². The minimum atomic E-state index is 0.0804. The first-order valence-electron chi connectivity index (χ1n) is 8.99. The Balaban J connectivity index is 1.42. The summed E-state index contributed by atoms with van der Waals surface area (Å²) in [6.07, 6.45) is 1.23. The van der Waals surface area contributed by atoms with E-state index < -0.39 is 0 Å². The summed E-state index contributed by atoms with van der Waals surface area (Å²) >= 11 is 6.22. The Morgan fingerprint density at radius 2 is 1.56 bits per heavy atom. The average molecular weight is 355 g/mol. The predicted octanol–water partition coefficient (Wildman–Crippen LogP) is 3.93. The zero-order valence-electron chi connectivity index (χ0n) is 14.3. The minimum absolute atomic E-state index is 0.0804. The van der Waals surface area contributed by atoms with E-state index in [1.807, 2.05) is 23.1 Å². The third kappa shape index (κ3) is 3.73. The van der Waals surface area contributed by atoms with Gasteiger partial charge in [0.25, 0.3) is 5.91 Å². The molecule has 2 saturated heterocycles. The minimum Gasteiger partial charge on any atom is -0.338 e.